The first-order valence-corrected chi connectivity index (χ1v) is 9.68. The van der Waals surface area contributed by atoms with Gasteiger partial charge in [-0.1, -0.05) is 0 Å². The molecule has 0 unspecified atom stereocenters. The van der Waals surface area contributed by atoms with Crippen LogP contribution in [0.3, 0.4) is 0 Å². The molecule has 2 aromatic rings. The maximum absolute atomic E-state index is 12.6. The molecule has 0 aliphatic rings. The highest BCUT2D eigenvalue weighted by Gasteiger charge is 2.19. The van der Waals surface area contributed by atoms with Crippen LogP contribution in [0.2, 0.25) is 0 Å². The Morgan fingerprint density at radius 3 is 2.60 bits per heavy atom. The van der Waals surface area contributed by atoms with E-state index in [2.05, 4.69) is 27.9 Å². The summed E-state index contributed by atoms with van der Waals surface area (Å²) in [6, 6.07) is 9.18. The third-order valence-electron chi connectivity index (χ3n) is 3.87. The second-order valence-corrected chi connectivity index (χ2v) is 6.89. The zero-order valence-corrected chi connectivity index (χ0v) is 18.6. The van der Waals surface area contributed by atoms with E-state index in [4.69, 9.17) is 14.2 Å². The number of carbonyl (C=O) groups is 1. The highest BCUT2D eigenvalue weighted by molar-refractivity contribution is 14.1. The minimum absolute atomic E-state index is 0.0502. The molecule has 0 spiro atoms. The number of nitriles is 1. The van der Waals surface area contributed by atoms with Gasteiger partial charge in [0.05, 0.1) is 35.4 Å². The molecule has 1 amide bonds. The van der Waals surface area contributed by atoms with Gasteiger partial charge < -0.3 is 19.5 Å². The van der Waals surface area contributed by atoms with E-state index in [9.17, 15) is 20.2 Å². The van der Waals surface area contributed by atoms with Crippen molar-refractivity contribution in [2.75, 3.05) is 26.1 Å². The summed E-state index contributed by atoms with van der Waals surface area (Å²) in [4.78, 5) is 23.2. The number of nitrogens with zero attached hydrogens (tertiary/aromatic N) is 2. The summed E-state index contributed by atoms with van der Waals surface area (Å²) < 4.78 is 16.6. The van der Waals surface area contributed by atoms with Gasteiger partial charge in [-0.25, -0.2) is 0 Å². The number of halogens is 1. The van der Waals surface area contributed by atoms with Crippen LogP contribution in [-0.2, 0) is 4.79 Å². The molecule has 0 saturated heterocycles. The van der Waals surface area contributed by atoms with E-state index < -0.39 is 10.8 Å². The van der Waals surface area contributed by atoms with Crippen molar-refractivity contribution in [2.45, 2.75) is 6.92 Å². The van der Waals surface area contributed by atoms with E-state index in [-0.39, 0.29) is 22.7 Å². The highest BCUT2D eigenvalue weighted by atomic mass is 127. The Balaban J connectivity index is 2.38. The second-order valence-electron chi connectivity index (χ2n) is 5.73. The molecule has 30 heavy (non-hydrogen) atoms. The van der Waals surface area contributed by atoms with Crippen LogP contribution >= 0.6 is 22.6 Å². The lowest BCUT2D eigenvalue weighted by molar-refractivity contribution is -0.384. The van der Waals surface area contributed by atoms with Gasteiger partial charge in [-0.2, -0.15) is 5.26 Å². The predicted octanol–water partition coefficient (Wildman–Crippen LogP) is 4.16. The summed E-state index contributed by atoms with van der Waals surface area (Å²) in [6.45, 7) is 2.30. The minimum atomic E-state index is -0.784. The van der Waals surface area contributed by atoms with Gasteiger partial charge >= 0.3 is 0 Å². The van der Waals surface area contributed by atoms with Crippen LogP contribution in [0, 0.1) is 25.0 Å². The summed E-state index contributed by atoms with van der Waals surface area (Å²) in [5, 5.41) is 23.1. The number of carbonyl (C=O) groups excluding carboxylic acids is 1. The first-order valence-electron chi connectivity index (χ1n) is 8.60. The number of rotatable bonds is 8. The van der Waals surface area contributed by atoms with E-state index >= 15 is 0 Å². The van der Waals surface area contributed by atoms with E-state index in [0.29, 0.717) is 23.7 Å². The number of amides is 1. The quantitative estimate of drug-likeness (QED) is 0.181. The molecule has 1 N–H and O–H groups in total. The first kappa shape index (κ1) is 23.0. The van der Waals surface area contributed by atoms with Crippen LogP contribution in [0.1, 0.15) is 12.5 Å². The van der Waals surface area contributed by atoms with Gasteiger partial charge in [-0.15, -0.1) is 0 Å². The third kappa shape index (κ3) is 5.38. The molecular weight excluding hydrogens is 505 g/mol. The summed E-state index contributed by atoms with van der Waals surface area (Å²) in [5.41, 5.74) is -0.0964. The zero-order chi connectivity index (χ0) is 22.3. The van der Waals surface area contributed by atoms with Crippen molar-refractivity contribution in [3.05, 3.63) is 55.2 Å². The summed E-state index contributed by atoms with van der Waals surface area (Å²) in [6.07, 6.45) is 1.37. The number of nitro groups is 1. The molecule has 0 bridgehead atoms. The number of ether oxygens (including phenoxy) is 3. The van der Waals surface area contributed by atoms with Gasteiger partial charge in [0.15, 0.2) is 11.5 Å². The van der Waals surface area contributed by atoms with Crippen molar-refractivity contribution in [3.63, 3.8) is 0 Å². The van der Waals surface area contributed by atoms with Gasteiger partial charge in [-0.3, -0.25) is 14.9 Å². The van der Waals surface area contributed by atoms with Crippen LogP contribution in [0.15, 0.2) is 35.9 Å². The molecule has 10 heteroatoms. The van der Waals surface area contributed by atoms with Gasteiger partial charge in [0.25, 0.3) is 11.6 Å². The molecule has 0 aliphatic carbocycles. The predicted molar refractivity (Wildman–Crippen MR) is 119 cm³/mol. The SMILES string of the molecule is CCOc1c(I)cc(/C=C(\C#N)C(=O)Nc2ccc(OC)cc2[N+](=O)[O-])cc1OC. The fraction of sp³-hybridized carbons (Fsp3) is 0.200. The lowest BCUT2D eigenvalue weighted by Gasteiger charge is -2.12. The number of nitro benzene ring substituents is 1. The van der Waals surface area contributed by atoms with E-state index in [1.165, 1.54) is 38.5 Å². The number of hydrogen-bond acceptors (Lipinski definition) is 7. The summed E-state index contributed by atoms with van der Waals surface area (Å²) in [5.74, 6) is 0.508. The number of methoxy groups -OCH3 is 2. The summed E-state index contributed by atoms with van der Waals surface area (Å²) >= 11 is 2.07. The maximum Gasteiger partial charge on any atom is 0.296 e. The van der Waals surface area contributed by atoms with Crippen LogP contribution < -0.4 is 19.5 Å². The second kappa shape index (κ2) is 10.4. The Morgan fingerprint density at radius 2 is 2.03 bits per heavy atom. The lowest BCUT2D eigenvalue weighted by Crippen LogP contribution is -2.14. The van der Waals surface area contributed by atoms with Crippen molar-refractivity contribution in [1.82, 2.24) is 0 Å². The maximum atomic E-state index is 12.6. The number of hydrogen-bond donors (Lipinski definition) is 1. The Bertz CT molecular complexity index is 1050. The number of benzene rings is 2. The molecular formula is C20H18IN3O6. The molecule has 0 radical (unpaired) electrons. The van der Waals surface area contributed by atoms with Gasteiger partial charge in [-0.05, 0) is 65.4 Å². The Labute approximate surface area is 186 Å². The zero-order valence-electron chi connectivity index (χ0n) is 16.4. The van der Waals surface area contributed by atoms with Gasteiger partial charge in [0.2, 0.25) is 0 Å². The molecule has 156 valence electrons. The fourth-order valence-corrected chi connectivity index (χ4v) is 3.29. The van der Waals surface area contributed by atoms with Crippen molar-refractivity contribution in [3.8, 4) is 23.3 Å². The number of anilines is 1. The molecule has 0 aliphatic heterocycles. The van der Waals surface area contributed by atoms with E-state index in [0.717, 1.165) is 3.57 Å². The Morgan fingerprint density at radius 1 is 1.30 bits per heavy atom. The molecule has 0 aromatic heterocycles. The Kier molecular flexibility index (Phi) is 7.99. The topological polar surface area (TPSA) is 124 Å². The molecule has 0 atom stereocenters. The van der Waals surface area contributed by atoms with Crippen molar-refractivity contribution < 1.29 is 23.9 Å². The first-order chi connectivity index (χ1) is 14.3. The van der Waals surface area contributed by atoms with Crippen molar-refractivity contribution in [1.29, 1.82) is 5.26 Å². The molecule has 0 saturated carbocycles. The molecule has 0 heterocycles. The van der Waals surface area contributed by atoms with Crippen LogP contribution in [0.5, 0.6) is 17.2 Å². The highest BCUT2D eigenvalue weighted by Crippen LogP contribution is 2.35. The fourth-order valence-electron chi connectivity index (χ4n) is 2.51. The molecule has 0 fully saturated rings. The lowest BCUT2D eigenvalue weighted by atomic mass is 10.1. The monoisotopic (exact) mass is 523 g/mol. The number of nitrogens with one attached hydrogen (secondary N) is 1. The van der Waals surface area contributed by atoms with E-state index in [1.54, 1.807) is 12.1 Å². The average molecular weight is 523 g/mol. The Hall–Kier alpha value is -3.33. The average Bonchev–Trinajstić information content (AvgIpc) is 2.73. The standard InChI is InChI=1S/C20H18IN3O6/c1-4-30-19-15(21)8-12(9-18(19)29-3)7-13(11-22)20(25)23-16-6-5-14(28-2)10-17(16)24(26)27/h5-10H,4H2,1-3H3,(H,23,25)/b13-7+. The van der Waals surface area contributed by atoms with Crippen molar-refractivity contribution in [2.24, 2.45) is 0 Å². The third-order valence-corrected chi connectivity index (χ3v) is 4.67. The van der Waals surface area contributed by atoms with Gasteiger partial charge in [0, 0.05) is 0 Å². The smallest absolute Gasteiger partial charge is 0.296 e. The van der Waals surface area contributed by atoms with Gasteiger partial charge in [0.1, 0.15) is 23.1 Å². The minimum Gasteiger partial charge on any atom is -0.496 e. The molecule has 2 rings (SSSR count). The van der Waals surface area contributed by atoms with E-state index in [1.807, 2.05) is 13.0 Å². The largest absolute Gasteiger partial charge is 0.496 e. The normalized spacial score (nSPS) is 10.7. The molecule has 9 nitrogen and oxygen atoms in total. The molecule has 2 aromatic carbocycles. The van der Waals surface area contributed by atoms with Crippen molar-refractivity contribution >= 4 is 45.9 Å². The van der Waals surface area contributed by atoms with Crippen LogP contribution in [0.25, 0.3) is 6.08 Å². The summed E-state index contributed by atoms with van der Waals surface area (Å²) in [7, 11) is 2.86. The van der Waals surface area contributed by atoms with Crippen LogP contribution in [-0.4, -0.2) is 31.7 Å². The van der Waals surface area contributed by atoms with Crippen LogP contribution in [0.4, 0.5) is 11.4 Å².